The molecule has 0 spiro atoms. The first kappa shape index (κ1) is 10.5. The van der Waals surface area contributed by atoms with E-state index in [4.69, 9.17) is 0 Å². The molecule has 0 unspecified atom stereocenters. The molecular weight excluding hydrogens is 199 g/mol. The summed E-state index contributed by atoms with van der Waals surface area (Å²) >= 11 is 0. The number of nitrogens with zero attached hydrogens (tertiary/aromatic N) is 1. The lowest BCUT2D eigenvalue weighted by atomic mass is 10.1. The van der Waals surface area contributed by atoms with E-state index in [1.807, 2.05) is 0 Å². The summed E-state index contributed by atoms with van der Waals surface area (Å²) in [6.07, 6.45) is -2.94. The van der Waals surface area contributed by atoms with Crippen LogP contribution in [0.15, 0.2) is 6.07 Å². The molecule has 6 heteroatoms. The van der Waals surface area contributed by atoms with E-state index in [0.29, 0.717) is 0 Å². The molecule has 1 heterocycles. The van der Waals surface area contributed by atoms with E-state index in [9.17, 15) is 18.0 Å². The lowest BCUT2D eigenvalue weighted by Crippen LogP contribution is -2.02. The highest BCUT2D eigenvalue weighted by Crippen LogP contribution is 2.26. The van der Waals surface area contributed by atoms with Crippen molar-refractivity contribution in [1.29, 1.82) is 0 Å². The quantitative estimate of drug-likeness (QED) is 0.559. The monoisotopic (exact) mass is 205 g/mol. The summed E-state index contributed by atoms with van der Waals surface area (Å²) in [7, 11) is 1.19. The van der Waals surface area contributed by atoms with Crippen molar-refractivity contribution in [2.75, 3.05) is 7.11 Å². The fraction of sp³-hybridized carbons (Fsp3) is 0.250. The number of carbonyl (C=O) groups excluding carboxylic acids is 1. The third-order valence-corrected chi connectivity index (χ3v) is 1.57. The zero-order chi connectivity index (χ0) is 10.7. The summed E-state index contributed by atoms with van der Waals surface area (Å²) in [4.78, 5) is 13.5. The predicted molar refractivity (Wildman–Crippen MR) is 41.1 cm³/mol. The molecule has 1 aromatic heterocycles. The van der Waals surface area contributed by atoms with Gasteiger partial charge in [-0.15, -0.1) is 0 Å². The van der Waals surface area contributed by atoms with Gasteiger partial charge < -0.3 is 4.74 Å². The molecule has 0 aliphatic carbocycles. The predicted octanol–water partition coefficient (Wildman–Crippen LogP) is 1.98. The van der Waals surface area contributed by atoms with Crippen LogP contribution in [0.3, 0.4) is 0 Å². The number of hydrogen-bond acceptors (Lipinski definition) is 3. The van der Waals surface area contributed by atoms with Gasteiger partial charge in [-0.3, -0.25) is 4.79 Å². The van der Waals surface area contributed by atoms with Gasteiger partial charge in [0.25, 0.3) is 6.43 Å². The number of carbonyl (C=O) groups is 1. The maximum Gasteiger partial charge on any atom is 0.268 e. The SMILES string of the molecule is COc1cc(C=O)c(C(F)F)c(F)n1. The number of hydrogen-bond donors (Lipinski definition) is 0. The minimum absolute atomic E-state index is 0.134. The minimum Gasteiger partial charge on any atom is -0.481 e. The van der Waals surface area contributed by atoms with Crippen molar-refractivity contribution in [3.05, 3.63) is 23.1 Å². The van der Waals surface area contributed by atoms with Gasteiger partial charge in [-0.25, -0.2) is 8.78 Å². The first-order valence-corrected chi connectivity index (χ1v) is 3.58. The Labute approximate surface area is 77.5 Å². The Morgan fingerprint density at radius 3 is 2.64 bits per heavy atom. The van der Waals surface area contributed by atoms with Crippen LogP contribution >= 0.6 is 0 Å². The number of methoxy groups -OCH3 is 1. The number of rotatable bonds is 3. The molecule has 0 N–H and O–H groups in total. The molecule has 76 valence electrons. The summed E-state index contributed by atoms with van der Waals surface area (Å²) in [6, 6.07) is 0.956. The Morgan fingerprint density at radius 2 is 2.21 bits per heavy atom. The van der Waals surface area contributed by atoms with Crippen LogP contribution in [0.5, 0.6) is 5.88 Å². The van der Waals surface area contributed by atoms with Crippen molar-refractivity contribution < 1.29 is 22.7 Å². The van der Waals surface area contributed by atoms with Crippen LogP contribution in [0.4, 0.5) is 13.2 Å². The van der Waals surface area contributed by atoms with Gasteiger partial charge in [0.05, 0.1) is 12.7 Å². The molecule has 0 aromatic carbocycles. The lowest BCUT2D eigenvalue weighted by molar-refractivity contribution is 0.110. The summed E-state index contributed by atoms with van der Waals surface area (Å²) in [5.41, 5.74) is -1.45. The molecule has 1 rings (SSSR count). The highest BCUT2D eigenvalue weighted by Gasteiger charge is 2.20. The molecule has 3 nitrogen and oxygen atoms in total. The number of pyridine rings is 1. The number of alkyl halides is 2. The van der Waals surface area contributed by atoms with Crippen LogP contribution in [0.1, 0.15) is 22.3 Å². The van der Waals surface area contributed by atoms with Crippen LogP contribution in [0, 0.1) is 5.95 Å². The average molecular weight is 205 g/mol. The van der Waals surface area contributed by atoms with Gasteiger partial charge in [-0.2, -0.15) is 9.37 Å². The normalized spacial score (nSPS) is 10.4. The topological polar surface area (TPSA) is 39.2 Å². The second-order valence-corrected chi connectivity index (χ2v) is 2.38. The fourth-order valence-electron chi connectivity index (χ4n) is 0.937. The van der Waals surface area contributed by atoms with Crippen LogP contribution in [0.2, 0.25) is 0 Å². The Morgan fingerprint density at radius 1 is 1.57 bits per heavy atom. The summed E-state index contributed by atoms with van der Waals surface area (Å²) in [5, 5.41) is 0. The number of halogens is 3. The van der Waals surface area contributed by atoms with E-state index in [1.54, 1.807) is 0 Å². The van der Waals surface area contributed by atoms with E-state index >= 15 is 0 Å². The smallest absolute Gasteiger partial charge is 0.268 e. The van der Waals surface area contributed by atoms with Gasteiger partial charge in [0.15, 0.2) is 6.29 Å². The van der Waals surface area contributed by atoms with Crippen molar-refractivity contribution >= 4 is 6.29 Å². The largest absolute Gasteiger partial charge is 0.481 e. The Hall–Kier alpha value is -1.59. The molecular formula is C8H6F3NO2. The molecule has 0 saturated carbocycles. The van der Waals surface area contributed by atoms with Crippen LogP contribution in [-0.2, 0) is 0 Å². The van der Waals surface area contributed by atoms with Gasteiger partial charge in [-0.1, -0.05) is 0 Å². The Bertz CT molecular complexity index is 355. The molecule has 0 bridgehead atoms. The van der Waals surface area contributed by atoms with Gasteiger partial charge >= 0.3 is 0 Å². The van der Waals surface area contributed by atoms with E-state index in [0.717, 1.165) is 6.07 Å². The van der Waals surface area contributed by atoms with Gasteiger partial charge in [0.2, 0.25) is 11.8 Å². The van der Waals surface area contributed by atoms with Gasteiger partial charge in [-0.05, 0) is 0 Å². The summed E-state index contributed by atoms with van der Waals surface area (Å²) in [5.74, 6) is -1.60. The third kappa shape index (κ3) is 1.84. The number of ether oxygens (including phenoxy) is 1. The zero-order valence-corrected chi connectivity index (χ0v) is 7.13. The Balaban J connectivity index is 3.34. The van der Waals surface area contributed by atoms with E-state index in [2.05, 4.69) is 9.72 Å². The molecule has 0 atom stereocenters. The highest BCUT2D eigenvalue weighted by atomic mass is 19.3. The van der Waals surface area contributed by atoms with Crippen LogP contribution in [-0.4, -0.2) is 18.4 Å². The minimum atomic E-state index is -3.08. The molecule has 0 aliphatic heterocycles. The molecule has 0 aliphatic rings. The average Bonchev–Trinajstić information content (AvgIpc) is 2.15. The van der Waals surface area contributed by atoms with Crippen LogP contribution in [0.25, 0.3) is 0 Å². The van der Waals surface area contributed by atoms with E-state index in [-0.39, 0.29) is 12.2 Å². The highest BCUT2D eigenvalue weighted by molar-refractivity contribution is 5.77. The molecule has 0 fully saturated rings. The molecule has 1 aromatic rings. The van der Waals surface area contributed by atoms with Crippen molar-refractivity contribution in [3.63, 3.8) is 0 Å². The lowest BCUT2D eigenvalue weighted by Gasteiger charge is -2.06. The standard InChI is InChI=1S/C8H6F3NO2/c1-14-5-2-4(3-13)6(7(9)10)8(11)12-5/h2-3,7H,1H3. The van der Waals surface area contributed by atoms with E-state index in [1.165, 1.54) is 7.11 Å². The van der Waals surface area contributed by atoms with E-state index < -0.39 is 23.5 Å². The van der Waals surface area contributed by atoms with Crippen LogP contribution < -0.4 is 4.74 Å². The number of aromatic nitrogens is 1. The van der Waals surface area contributed by atoms with Crippen molar-refractivity contribution in [2.24, 2.45) is 0 Å². The molecule has 0 saturated heterocycles. The third-order valence-electron chi connectivity index (χ3n) is 1.57. The second-order valence-electron chi connectivity index (χ2n) is 2.38. The fourth-order valence-corrected chi connectivity index (χ4v) is 0.937. The molecule has 0 radical (unpaired) electrons. The molecule has 0 amide bonds. The number of aldehydes is 1. The second kappa shape index (κ2) is 4.08. The maximum atomic E-state index is 12.9. The van der Waals surface area contributed by atoms with Gasteiger partial charge in [0, 0.05) is 11.6 Å². The molecule has 14 heavy (non-hydrogen) atoms. The first-order valence-electron chi connectivity index (χ1n) is 3.58. The maximum absolute atomic E-state index is 12.9. The summed E-state index contributed by atoms with van der Waals surface area (Å²) in [6.45, 7) is 0. The van der Waals surface area contributed by atoms with Crippen molar-refractivity contribution in [3.8, 4) is 5.88 Å². The first-order chi connectivity index (χ1) is 6.60. The van der Waals surface area contributed by atoms with Crippen molar-refractivity contribution in [2.45, 2.75) is 6.43 Å². The zero-order valence-electron chi connectivity index (χ0n) is 7.13. The van der Waals surface area contributed by atoms with Gasteiger partial charge in [0.1, 0.15) is 0 Å². The summed E-state index contributed by atoms with van der Waals surface area (Å²) < 4.78 is 41.9. The van der Waals surface area contributed by atoms with Crippen molar-refractivity contribution in [1.82, 2.24) is 4.98 Å². The Kier molecular flexibility index (Phi) is 3.06.